The number of benzene rings is 1. The van der Waals surface area contributed by atoms with E-state index in [-0.39, 0.29) is 24.2 Å². The highest BCUT2D eigenvalue weighted by atomic mass is 35.5. The molecule has 7 heteroatoms. The summed E-state index contributed by atoms with van der Waals surface area (Å²) < 4.78 is 5.45. The molecule has 0 aliphatic carbocycles. The average Bonchev–Trinajstić information content (AvgIpc) is 2.49. The summed E-state index contributed by atoms with van der Waals surface area (Å²) in [7, 11) is 0. The maximum Gasteiger partial charge on any atom is 0.265 e. The van der Waals surface area contributed by atoms with Gasteiger partial charge in [-0.2, -0.15) is 0 Å². The molecule has 0 spiro atoms. The van der Waals surface area contributed by atoms with Gasteiger partial charge in [0.2, 0.25) is 0 Å². The van der Waals surface area contributed by atoms with E-state index in [1.807, 2.05) is 0 Å². The van der Waals surface area contributed by atoms with E-state index in [9.17, 15) is 9.59 Å². The van der Waals surface area contributed by atoms with Crippen LogP contribution in [0.5, 0.6) is 5.75 Å². The molecule has 1 aliphatic heterocycles. The molecule has 2 aromatic rings. The Bertz CT molecular complexity index is 706. The first-order valence-corrected chi connectivity index (χ1v) is 6.46. The van der Waals surface area contributed by atoms with Gasteiger partial charge in [-0.05, 0) is 37.3 Å². The van der Waals surface area contributed by atoms with Gasteiger partial charge in [-0.3, -0.25) is 14.6 Å². The van der Waals surface area contributed by atoms with Crippen LogP contribution in [0.25, 0.3) is 0 Å². The molecule has 6 nitrogen and oxygen atoms in total. The Balaban J connectivity index is 0.00000176. The van der Waals surface area contributed by atoms with Crippen LogP contribution in [0.15, 0.2) is 42.7 Å². The predicted octanol–water partition coefficient (Wildman–Crippen LogP) is 2.48. The van der Waals surface area contributed by atoms with Crippen LogP contribution < -0.4 is 15.4 Å². The molecule has 0 saturated heterocycles. The highest BCUT2D eigenvalue weighted by molar-refractivity contribution is 6.05. The standard InChI is InChI=1S/C15H13N3O3.ClH/c1-9-14(19)18-12-7-11(4-5-13(12)21-9)17-15(20)10-3-2-6-16-8-10;/h2-9H,1H3,(H,17,20)(H,18,19);1H. The average molecular weight is 320 g/mol. The number of carbonyl (C=O) groups is 2. The zero-order valence-electron chi connectivity index (χ0n) is 11.7. The second-order valence-corrected chi connectivity index (χ2v) is 4.66. The van der Waals surface area contributed by atoms with E-state index in [1.165, 1.54) is 6.20 Å². The molecule has 0 radical (unpaired) electrons. The fourth-order valence-corrected chi connectivity index (χ4v) is 1.99. The minimum Gasteiger partial charge on any atom is -0.479 e. The number of nitrogens with one attached hydrogen (secondary N) is 2. The van der Waals surface area contributed by atoms with Crippen molar-refractivity contribution in [2.45, 2.75) is 13.0 Å². The molecule has 3 rings (SSSR count). The van der Waals surface area contributed by atoms with Gasteiger partial charge < -0.3 is 15.4 Å². The van der Waals surface area contributed by atoms with Crippen molar-refractivity contribution in [3.05, 3.63) is 48.3 Å². The minimum absolute atomic E-state index is 0. The Morgan fingerprint density at radius 1 is 1.36 bits per heavy atom. The number of rotatable bonds is 2. The maximum atomic E-state index is 12.0. The van der Waals surface area contributed by atoms with Crippen LogP contribution in [-0.2, 0) is 4.79 Å². The summed E-state index contributed by atoms with van der Waals surface area (Å²) in [5.74, 6) is 0.110. The summed E-state index contributed by atoms with van der Waals surface area (Å²) in [6, 6.07) is 8.46. The molecule has 2 heterocycles. The summed E-state index contributed by atoms with van der Waals surface area (Å²) in [6.45, 7) is 1.68. The first-order valence-electron chi connectivity index (χ1n) is 6.46. The van der Waals surface area contributed by atoms with Crippen LogP contribution in [0.1, 0.15) is 17.3 Å². The number of ether oxygens (including phenoxy) is 1. The normalized spacial score (nSPS) is 15.7. The predicted molar refractivity (Wildman–Crippen MR) is 84.6 cm³/mol. The second kappa shape index (κ2) is 6.44. The van der Waals surface area contributed by atoms with Crippen molar-refractivity contribution < 1.29 is 14.3 Å². The number of carbonyl (C=O) groups excluding carboxylic acids is 2. The fourth-order valence-electron chi connectivity index (χ4n) is 1.99. The van der Waals surface area contributed by atoms with Crippen molar-refractivity contribution in [3.63, 3.8) is 0 Å². The first kappa shape index (κ1) is 15.8. The van der Waals surface area contributed by atoms with Crippen LogP contribution >= 0.6 is 12.4 Å². The molecule has 1 aromatic carbocycles. The molecule has 2 amide bonds. The van der Waals surface area contributed by atoms with Gasteiger partial charge in [0.05, 0.1) is 11.3 Å². The van der Waals surface area contributed by atoms with Crippen LogP contribution in [-0.4, -0.2) is 22.9 Å². The topological polar surface area (TPSA) is 80.3 Å². The van der Waals surface area contributed by atoms with Gasteiger partial charge in [-0.1, -0.05) is 0 Å². The number of hydrogen-bond donors (Lipinski definition) is 2. The van der Waals surface area contributed by atoms with E-state index in [0.29, 0.717) is 22.7 Å². The zero-order chi connectivity index (χ0) is 14.8. The molecule has 1 aromatic heterocycles. The van der Waals surface area contributed by atoms with Crippen LogP contribution in [0.4, 0.5) is 11.4 Å². The molecular weight excluding hydrogens is 306 g/mol. The highest BCUT2D eigenvalue weighted by Crippen LogP contribution is 2.32. The van der Waals surface area contributed by atoms with Gasteiger partial charge in [0, 0.05) is 18.1 Å². The van der Waals surface area contributed by atoms with Gasteiger partial charge in [0.1, 0.15) is 5.75 Å². The van der Waals surface area contributed by atoms with Crippen LogP contribution in [0, 0.1) is 0 Å². The number of amides is 2. The Morgan fingerprint density at radius 2 is 2.18 bits per heavy atom. The van der Waals surface area contributed by atoms with Gasteiger partial charge in [0.25, 0.3) is 11.8 Å². The largest absolute Gasteiger partial charge is 0.479 e. The number of nitrogens with zero attached hydrogens (tertiary/aromatic N) is 1. The number of hydrogen-bond acceptors (Lipinski definition) is 4. The van der Waals surface area contributed by atoms with Crippen LogP contribution in [0.2, 0.25) is 0 Å². The van der Waals surface area contributed by atoms with E-state index in [0.717, 1.165) is 0 Å². The molecule has 114 valence electrons. The SMILES string of the molecule is CC1Oc2ccc(NC(=O)c3cccnc3)cc2NC1=O.Cl. The van der Waals surface area contributed by atoms with Gasteiger partial charge in [-0.25, -0.2) is 0 Å². The van der Waals surface area contributed by atoms with Gasteiger partial charge >= 0.3 is 0 Å². The Labute approximate surface area is 133 Å². The summed E-state index contributed by atoms with van der Waals surface area (Å²) in [6.07, 6.45) is 2.57. The van der Waals surface area contributed by atoms with Gasteiger partial charge in [-0.15, -0.1) is 12.4 Å². The number of fused-ring (bicyclic) bond motifs is 1. The lowest BCUT2D eigenvalue weighted by atomic mass is 10.2. The Morgan fingerprint density at radius 3 is 2.91 bits per heavy atom. The first-order chi connectivity index (χ1) is 10.1. The molecule has 1 aliphatic rings. The monoisotopic (exact) mass is 319 g/mol. The van der Waals surface area contributed by atoms with E-state index < -0.39 is 6.10 Å². The number of aromatic nitrogens is 1. The molecule has 2 N–H and O–H groups in total. The molecule has 0 fully saturated rings. The van der Waals surface area contributed by atoms with Crippen molar-refractivity contribution in [2.24, 2.45) is 0 Å². The van der Waals surface area contributed by atoms with E-state index >= 15 is 0 Å². The van der Waals surface area contributed by atoms with Crippen molar-refractivity contribution in [3.8, 4) is 5.75 Å². The van der Waals surface area contributed by atoms with E-state index in [2.05, 4.69) is 15.6 Å². The molecular formula is C15H14ClN3O3. The summed E-state index contributed by atoms with van der Waals surface area (Å²) in [4.78, 5) is 27.5. The summed E-state index contributed by atoms with van der Waals surface area (Å²) in [5.41, 5.74) is 1.58. The fraction of sp³-hybridized carbons (Fsp3) is 0.133. The van der Waals surface area contributed by atoms with Crippen molar-refractivity contribution >= 4 is 35.6 Å². The number of anilines is 2. The number of halogens is 1. The lowest BCUT2D eigenvalue weighted by molar-refractivity contribution is -0.122. The molecule has 1 atom stereocenters. The zero-order valence-corrected chi connectivity index (χ0v) is 12.5. The summed E-state index contributed by atoms with van der Waals surface area (Å²) in [5, 5.41) is 5.48. The third kappa shape index (κ3) is 3.17. The molecule has 0 saturated carbocycles. The second-order valence-electron chi connectivity index (χ2n) is 4.66. The summed E-state index contributed by atoms with van der Waals surface area (Å²) >= 11 is 0. The van der Waals surface area contributed by atoms with E-state index in [4.69, 9.17) is 4.74 Å². The Hall–Kier alpha value is -2.60. The molecule has 22 heavy (non-hydrogen) atoms. The molecule has 1 unspecified atom stereocenters. The third-order valence-electron chi connectivity index (χ3n) is 3.09. The quantitative estimate of drug-likeness (QED) is 0.891. The van der Waals surface area contributed by atoms with Crippen molar-refractivity contribution in [1.82, 2.24) is 4.98 Å². The van der Waals surface area contributed by atoms with E-state index in [1.54, 1.807) is 43.5 Å². The smallest absolute Gasteiger partial charge is 0.265 e. The highest BCUT2D eigenvalue weighted by Gasteiger charge is 2.23. The molecule has 0 bridgehead atoms. The van der Waals surface area contributed by atoms with Crippen LogP contribution in [0.3, 0.4) is 0 Å². The maximum absolute atomic E-state index is 12.0. The van der Waals surface area contributed by atoms with Crippen molar-refractivity contribution in [2.75, 3.05) is 10.6 Å². The number of pyridine rings is 1. The van der Waals surface area contributed by atoms with Crippen molar-refractivity contribution in [1.29, 1.82) is 0 Å². The minimum atomic E-state index is -0.520. The Kier molecular flexibility index (Phi) is 4.62. The third-order valence-corrected chi connectivity index (χ3v) is 3.09. The van der Waals surface area contributed by atoms with Gasteiger partial charge in [0.15, 0.2) is 6.10 Å². The lowest BCUT2D eigenvalue weighted by Crippen LogP contribution is -2.34. The lowest BCUT2D eigenvalue weighted by Gasteiger charge is -2.23.